The molecule has 0 heterocycles. The van der Waals surface area contributed by atoms with E-state index < -0.39 is 20.8 Å². The molecule has 0 rings (SSSR count). The third kappa shape index (κ3) is 5770. The minimum absolute atomic E-state index is 0. The molecule has 0 amide bonds. The molecule has 24 heavy (non-hydrogen) atoms. The van der Waals surface area contributed by atoms with E-state index in [4.69, 9.17) is 35.0 Å². The molecule has 0 unspecified atom stereocenters. The van der Waals surface area contributed by atoms with Crippen LogP contribution in [-0.2, 0) is 20.8 Å². The van der Waals surface area contributed by atoms with Crippen LogP contribution in [0.5, 0.6) is 0 Å². The molecule has 0 saturated carbocycles. The van der Waals surface area contributed by atoms with Crippen LogP contribution in [0, 0.1) is 0 Å². The second-order valence-corrected chi connectivity index (χ2v) is 2.69. The summed E-state index contributed by atoms with van der Waals surface area (Å²) in [6, 6.07) is 0. The van der Waals surface area contributed by atoms with Crippen molar-refractivity contribution in [1.82, 2.24) is 0 Å². The Morgan fingerprint density at radius 3 is 0.375 bits per heavy atom. The van der Waals surface area contributed by atoms with Crippen LogP contribution in [0.15, 0.2) is 0 Å². The van der Waals surface area contributed by atoms with E-state index in [1.165, 1.54) is 0 Å². The molecule has 0 bridgehead atoms. The fourth-order valence-electron chi connectivity index (χ4n) is 0. The van der Waals surface area contributed by atoms with E-state index in [0.717, 1.165) is 0 Å². The Kier molecular flexibility index (Phi) is 529. The Balaban J connectivity index is -0.00000000241. The monoisotopic (exact) mass is 478 g/mol. The van der Waals surface area contributed by atoms with Gasteiger partial charge >= 0.3 is 20.8 Å². The van der Waals surface area contributed by atoms with Crippen molar-refractivity contribution in [2.75, 3.05) is 0 Å². The smallest absolute Gasteiger partial charge is 0.394 e. The van der Waals surface area contributed by atoms with Gasteiger partial charge in [0.15, 0.2) is 0 Å². The molecule has 0 fully saturated rings. The Bertz CT molecular complexity index is 218. The fraction of sp³-hybridized carbons (Fsp3) is 0. The first kappa shape index (κ1) is 171. The minimum Gasteiger partial charge on any atom is -0.412 e. The molecule has 24 heteroatoms. The van der Waals surface area contributed by atoms with E-state index in [1.54, 1.807) is 0 Å². The summed E-state index contributed by atoms with van der Waals surface area (Å²) in [6.07, 6.45) is 0. The van der Waals surface area contributed by atoms with Crippen LogP contribution in [0.3, 0.4) is 0 Å². The van der Waals surface area contributed by atoms with Gasteiger partial charge in [-0.2, -0.15) is 16.8 Å². The van der Waals surface area contributed by atoms with E-state index in [0.29, 0.717) is 0 Å². The van der Waals surface area contributed by atoms with Crippen molar-refractivity contribution in [3.05, 3.63) is 0 Å². The molecular weight excluding hydrogens is 450 g/mol. The number of rotatable bonds is 0. The zero-order valence-corrected chi connectivity index (χ0v) is 17.7. The van der Waals surface area contributed by atoms with Crippen LogP contribution in [0.1, 0.15) is 0 Å². The molecule has 0 aliphatic heterocycles. The van der Waals surface area contributed by atoms with E-state index in [2.05, 4.69) is 0 Å². The summed E-state index contributed by atoms with van der Waals surface area (Å²) >= 11 is 0. The normalized spacial score (nSPS) is 4.83. The third-order valence-electron chi connectivity index (χ3n) is 0. The summed E-state index contributed by atoms with van der Waals surface area (Å²) in [5.74, 6) is 0. The van der Waals surface area contributed by atoms with Crippen LogP contribution in [0.2, 0.25) is 0 Å². The maximum absolute atomic E-state index is 8.74. The van der Waals surface area contributed by atoms with Crippen molar-refractivity contribution >= 4 is 89.5 Å². The van der Waals surface area contributed by atoms with Gasteiger partial charge in [-0.05, 0) is 0 Å². The molecule has 0 spiro atoms. The molecule has 164 valence electrons. The zero-order valence-electron chi connectivity index (χ0n) is 11.8. The molecule has 4 radical (unpaired) electrons. The topological polar surface area (TPSA) is 527 Å². The average Bonchev–Trinajstić information content (AvgIpc) is 1.12. The summed E-state index contributed by atoms with van der Waals surface area (Å²) in [4.78, 5) is 0. The summed E-state index contributed by atoms with van der Waals surface area (Å²) < 4.78 is 63.2. The van der Waals surface area contributed by atoms with Crippen molar-refractivity contribution in [2.24, 2.45) is 0 Å². The van der Waals surface area contributed by atoms with Crippen molar-refractivity contribution in [2.45, 2.75) is 0 Å². The van der Waals surface area contributed by atoms with E-state index in [-0.39, 0.29) is 134 Å². The van der Waals surface area contributed by atoms with E-state index in [1.807, 2.05) is 0 Å². The number of hydrogen-bond donors (Lipinski definition) is 4. The second kappa shape index (κ2) is 74.4. The van der Waals surface area contributed by atoms with Gasteiger partial charge in [-0.1, -0.05) is 0 Å². The molecule has 0 aromatic rings. The molecule has 0 aromatic carbocycles. The second-order valence-electron chi connectivity index (χ2n) is 0.896. The van der Waals surface area contributed by atoms with Gasteiger partial charge in [0.05, 0.1) is 0 Å². The van der Waals surface area contributed by atoms with Crippen LogP contribution in [0.4, 0.5) is 0 Å². The van der Waals surface area contributed by atoms with Crippen molar-refractivity contribution < 1.29 is 101 Å². The van der Waals surface area contributed by atoms with Gasteiger partial charge in [-0.15, -0.1) is 0 Å². The summed E-state index contributed by atoms with van der Waals surface area (Å²) in [5, 5.41) is 0. The Morgan fingerprint density at radius 2 is 0.375 bits per heavy atom. The van der Waals surface area contributed by atoms with Gasteiger partial charge in [0.2, 0.25) is 0 Å². The Labute approximate surface area is 188 Å². The quantitative estimate of drug-likeness (QED) is 0.190. The van der Waals surface area contributed by atoms with Gasteiger partial charge in [-0.25, -0.2) is 0 Å². The van der Waals surface area contributed by atoms with Gasteiger partial charge in [0.25, 0.3) is 0 Å². The molecule has 0 atom stereocenters. The predicted octanol–water partition coefficient (Wildman–Crippen LogP) is -12.0. The summed E-state index contributed by atoms with van der Waals surface area (Å²) in [7, 11) is -9.33. The van der Waals surface area contributed by atoms with Crippen molar-refractivity contribution in [3.63, 3.8) is 0 Å². The Morgan fingerprint density at radius 1 is 0.375 bits per heavy atom. The van der Waals surface area contributed by atoms with E-state index >= 15 is 0 Å². The predicted molar refractivity (Wildman–Crippen MR) is 83.2 cm³/mol. The molecule has 0 aromatic heterocycles. The fourth-order valence-corrected chi connectivity index (χ4v) is 0. The maximum atomic E-state index is 8.74. The van der Waals surface area contributed by atoms with Crippen LogP contribution in [-0.4, -0.2) is 170 Å². The first-order valence-electron chi connectivity index (χ1n) is 1.40. The summed E-state index contributed by atoms with van der Waals surface area (Å²) in [6.45, 7) is 0. The van der Waals surface area contributed by atoms with Crippen molar-refractivity contribution in [3.8, 4) is 0 Å². The molecular formula is H28AlKO20S2. The average molecular weight is 478 g/mol. The number of hydrogen-bond acceptors (Lipinski definition) is 4. The zero-order chi connectivity index (χ0) is 9.00. The minimum atomic E-state index is -4.67. The van der Waals surface area contributed by atoms with Crippen LogP contribution in [0.25, 0.3) is 0 Å². The third-order valence-corrected chi connectivity index (χ3v) is 0. The Hall–Kier alpha value is 1.43. The van der Waals surface area contributed by atoms with Gasteiger partial charge in [-0.3, -0.25) is 18.2 Å². The molecule has 20 nitrogen and oxygen atoms in total. The molecule has 28 N–H and O–H groups in total. The van der Waals surface area contributed by atoms with Crippen LogP contribution < -0.4 is 0 Å². The maximum Gasteiger partial charge on any atom is 0.394 e. The van der Waals surface area contributed by atoms with Gasteiger partial charge in [0.1, 0.15) is 0 Å². The van der Waals surface area contributed by atoms with E-state index in [9.17, 15) is 0 Å². The molecule has 0 aliphatic carbocycles. The van der Waals surface area contributed by atoms with Crippen LogP contribution >= 0.6 is 0 Å². The molecule has 0 saturated heterocycles. The first-order valence-corrected chi connectivity index (χ1v) is 4.19. The van der Waals surface area contributed by atoms with Gasteiger partial charge in [0, 0.05) is 68.7 Å². The molecule has 0 aliphatic rings. The standard InChI is InChI=1S/Al.K.2H2O4S.12H2O/c;;2*1-5(2,3)4;;;;;;;;;;;;/h;;2*(H2,1,2,3,4);12*1H2. The van der Waals surface area contributed by atoms with Crippen molar-refractivity contribution in [1.29, 1.82) is 0 Å². The van der Waals surface area contributed by atoms with Gasteiger partial charge < -0.3 is 65.7 Å². The SMILES string of the molecule is O.O.O.O.O.O.O.O.O.O.O.O.O=S(=O)(O)O.O=S(=O)(O)O.[Al].[K]. The largest absolute Gasteiger partial charge is 0.412 e. The summed E-state index contributed by atoms with van der Waals surface area (Å²) in [5.41, 5.74) is 0. The first-order chi connectivity index (χ1) is 4.00.